The predicted octanol–water partition coefficient (Wildman–Crippen LogP) is 2.85. The molecule has 0 aliphatic carbocycles. The van der Waals surface area contributed by atoms with Crippen LogP contribution in [0.1, 0.15) is 24.0 Å². The summed E-state index contributed by atoms with van der Waals surface area (Å²) in [7, 11) is 0. The van der Waals surface area contributed by atoms with Crippen molar-refractivity contribution < 1.29 is 32.6 Å². The second-order valence-electron chi connectivity index (χ2n) is 5.81. The van der Waals surface area contributed by atoms with Crippen molar-refractivity contribution in [3.8, 4) is 0 Å². The van der Waals surface area contributed by atoms with E-state index in [1.165, 1.54) is 17.0 Å². The molecule has 25 heavy (non-hydrogen) atoms. The van der Waals surface area contributed by atoms with E-state index in [2.05, 4.69) is 6.58 Å². The highest BCUT2D eigenvalue weighted by Gasteiger charge is 2.36. The van der Waals surface area contributed by atoms with Gasteiger partial charge in [-0.2, -0.15) is 13.2 Å². The van der Waals surface area contributed by atoms with Gasteiger partial charge in [-0.05, 0) is 30.2 Å². The van der Waals surface area contributed by atoms with Gasteiger partial charge < -0.3 is 14.7 Å². The van der Waals surface area contributed by atoms with Gasteiger partial charge in [-0.15, -0.1) is 0 Å². The first-order chi connectivity index (χ1) is 11.7. The molecule has 8 heteroatoms. The van der Waals surface area contributed by atoms with Crippen molar-refractivity contribution in [1.82, 2.24) is 4.90 Å². The van der Waals surface area contributed by atoms with Crippen LogP contribution in [0.2, 0.25) is 0 Å². The molecule has 1 amide bonds. The Hall–Kier alpha value is -2.35. The van der Waals surface area contributed by atoms with E-state index < -0.39 is 35.8 Å². The molecule has 0 aromatic heterocycles. The first-order valence-corrected chi connectivity index (χ1v) is 7.63. The fourth-order valence-electron chi connectivity index (χ4n) is 2.83. The van der Waals surface area contributed by atoms with Crippen molar-refractivity contribution in [3.63, 3.8) is 0 Å². The summed E-state index contributed by atoms with van der Waals surface area (Å²) in [5.41, 5.74) is -0.398. The number of ether oxygens (including phenoxy) is 1. The Bertz CT molecular complexity index is 660. The topological polar surface area (TPSA) is 66.8 Å². The van der Waals surface area contributed by atoms with Crippen LogP contribution in [-0.2, 0) is 27.1 Å². The maximum Gasteiger partial charge on any atom is 0.416 e. The van der Waals surface area contributed by atoms with Crippen LogP contribution in [0.4, 0.5) is 13.2 Å². The van der Waals surface area contributed by atoms with E-state index in [1.807, 2.05) is 0 Å². The van der Waals surface area contributed by atoms with Gasteiger partial charge in [0.2, 0.25) is 5.91 Å². The Labute approximate surface area is 142 Å². The number of nitrogens with zero attached hydrogens (tertiary/aromatic N) is 1. The Morgan fingerprint density at radius 1 is 1.40 bits per heavy atom. The lowest BCUT2D eigenvalue weighted by atomic mass is 10.1. The van der Waals surface area contributed by atoms with Crippen LogP contribution in [0.15, 0.2) is 36.9 Å². The maximum atomic E-state index is 12.7. The standard InChI is InChI=1S/C17H18F3NO4/c1-2-15(22)21-9-14(7-13(21)8-16(23)24)25-10-11-4-3-5-12(6-11)17(18,19)20/h2-6,13-14H,1,7-10H2,(H,23,24)/t13-,14+/m1/s1. The molecule has 2 atom stereocenters. The normalized spacial score (nSPS) is 20.5. The number of rotatable bonds is 6. The number of aliphatic carboxylic acids is 1. The minimum atomic E-state index is -4.43. The Morgan fingerprint density at radius 2 is 2.12 bits per heavy atom. The maximum absolute atomic E-state index is 12.7. The Balaban J connectivity index is 2.00. The van der Waals surface area contributed by atoms with Gasteiger partial charge in [-0.3, -0.25) is 9.59 Å². The molecule has 1 aliphatic heterocycles. The van der Waals surface area contributed by atoms with Gasteiger partial charge in [-0.25, -0.2) is 0 Å². The highest BCUT2D eigenvalue weighted by molar-refractivity contribution is 5.88. The molecule has 2 rings (SSSR count). The average molecular weight is 357 g/mol. The quantitative estimate of drug-likeness (QED) is 0.795. The number of carbonyl (C=O) groups excluding carboxylic acids is 1. The molecule has 1 saturated heterocycles. The van der Waals surface area contributed by atoms with Gasteiger partial charge in [0.1, 0.15) is 0 Å². The minimum Gasteiger partial charge on any atom is -0.481 e. The van der Waals surface area contributed by atoms with E-state index in [4.69, 9.17) is 9.84 Å². The van der Waals surface area contributed by atoms with Crippen molar-refractivity contribution in [2.24, 2.45) is 0 Å². The molecule has 1 aromatic rings. The summed E-state index contributed by atoms with van der Waals surface area (Å²) in [5.74, 6) is -1.43. The molecule has 1 N–H and O–H groups in total. The van der Waals surface area contributed by atoms with E-state index in [0.29, 0.717) is 12.0 Å². The number of amides is 1. The van der Waals surface area contributed by atoms with Gasteiger partial charge in [0, 0.05) is 12.6 Å². The minimum absolute atomic E-state index is 0.0511. The zero-order valence-electron chi connectivity index (χ0n) is 13.3. The second-order valence-corrected chi connectivity index (χ2v) is 5.81. The van der Waals surface area contributed by atoms with E-state index in [0.717, 1.165) is 18.2 Å². The lowest BCUT2D eigenvalue weighted by molar-refractivity contribution is -0.139. The smallest absolute Gasteiger partial charge is 0.416 e. The number of carboxylic acid groups (broad SMARTS) is 1. The van der Waals surface area contributed by atoms with E-state index >= 15 is 0 Å². The second kappa shape index (κ2) is 7.69. The summed E-state index contributed by atoms with van der Waals surface area (Å²) in [6, 6.07) is 4.29. The van der Waals surface area contributed by atoms with Gasteiger partial charge >= 0.3 is 12.1 Å². The van der Waals surface area contributed by atoms with Crippen LogP contribution in [0, 0.1) is 0 Å². The molecule has 0 unspecified atom stereocenters. The van der Waals surface area contributed by atoms with Crippen LogP contribution in [0.25, 0.3) is 0 Å². The summed E-state index contributed by atoms with van der Waals surface area (Å²) in [5, 5.41) is 8.94. The van der Waals surface area contributed by atoms with Gasteiger partial charge in [0.15, 0.2) is 0 Å². The molecule has 136 valence electrons. The first-order valence-electron chi connectivity index (χ1n) is 7.63. The van der Waals surface area contributed by atoms with E-state index in [9.17, 15) is 22.8 Å². The van der Waals surface area contributed by atoms with Crippen molar-refractivity contribution in [2.75, 3.05) is 6.54 Å². The lowest BCUT2D eigenvalue weighted by Crippen LogP contribution is -2.36. The third-order valence-corrected chi connectivity index (χ3v) is 3.98. The number of hydrogen-bond acceptors (Lipinski definition) is 3. The van der Waals surface area contributed by atoms with Gasteiger partial charge in [-0.1, -0.05) is 18.7 Å². The zero-order valence-corrected chi connectivity index (χ0v) is 13.3. The highest BCUT2D eigenvalue weighted by Crippen LogP contribution is 2.30. The summed E-state index contributed by atoms with van der Waals surface area (Å²) < 4.78 is 43.7. The number of benzene rings is 1. The van der Waals surface area contributed by atoms with Crippen molar-refractivity contribution in [3.05, 3.63) is 48.0 Å². The molecule has 1 aliphatic rings. The molecule has 5 nitrogen and oxygen atoms in total. The summed E-state index contributed by atoms with van der Waals surface area (Å²) >= 11 is 0. The SMILES string of the molecule is C=CC(=O)N1C[C@@H](OCc2cccc(C(F)(F)F)c2)C[C@@H]1CC(=O)O. The Morgan fingerprint density at radius 3 is 2.72 bits per heavy atom. The monoisotopic (exact) mass is 357 g/mol. The van der Waals surface area contributed by atoms with Crippen LogP contribution < -0.4 is 0 Å². The van der Waals surface area contributed by atoms with Gasteiger partial charge in [0.05, 0.1) is 24.7 Å². The molecule has 1 fully saturated rings. The molecule has 0 radical (unpaired) electrons. The fraction of sp³-hybridized carbons (Fsp3) is 0.412. The fourth-order valence-corrected chi connectivity index (χ4v) is 2.83. The number of carboxylic acids is 1. The average Bonchev–Trinajstić information content (AvgIpc) is 2.93. The molecule has 1 aromatic carbocycles. The largest absolute Gasteiger partial charge is 0.481 e. The lowest BCUT2D eigenvalue weighted by Gasteiger charge is -2.21. The van der Waals surface area contributed by atoms with Crippen LogP contribution in [-0.4, -0.2) is 40.6 Å². The van der Waals surface area contributed by atoms with Crippen LogP contribution in [0.3, 0.4) is 0 Å². The number of alkyl halides is 3. The number of hydrogen-bond donors (Lipinski definition) is 1. The van der Waals surface area contributed by atoms with Crippen LogP contribution in [0.5, 0.6) is 0 Å². The molecule has 0 spiro atoms. The van der Waals surface area contributed by atoms with Crippen molar-refractivity contribution >= 4 is 11.9 Å². The number of likely N-dealkylation sites (tertiary alicyclic amines) is 1. The predicted molar refractivity (Wildman–Crippen MR) is 82.6 cm³/mol. The van der Waals surface area contributed by atoms with Crippen LogP contribution >= 0.6 is 0 Å². The van der Waals surface area contributed by atoms with E-state index in [-0.39, 0.29) is 19.6 Å². The zero-order chi connectivity index (χ0) is 18.6. The third-order valence-electron chi connectivity index (χ3n) is 3.98. The van der Waals surface area contributed by atoms with Crippen molar-refractivity contribution in [1.29, 1.82) is 0 Å². The molecule has 0 bridgehead atoms. The molecule has 1 heterocycles. The summed E-state index contributed by atoms with van der Waals surface area (Å²) in [4.78, 5) is 24.1. The summed E-state index contributed by atoms with van der Waals surface area (Å²) in [6.07, 6.45) is -3.68. The van der Waals surface area contributed by atoms with Gasteiger partial charge in [0.25, 0.3) is 0 Å². The molecule has 0 saturated carbocycles. The number of halogens is 3. The third kappa shape index (κ3) is 5.06. The van der Waals surface area contributed by atoms with Crippen molar-refractivity contribution in [2.45, 2.75) is 37.8 Å². The molecular weight excluding hydrogens is 339 g/mol. The highest BCUT2D eigenvalue weighted by atomic mass is 19.4. The summed E-state index contributed by atoms with van der Waals surface area (Å²) in [6.45, 7) is 3.52. The molecular formula is C17H18F3NO4. The Kier molecular flexibility index (Phi) is 5.84. The number of carbonyl (C=O) groups is 2. The van der Waals surface area contributed by atoms with E-state index in [1.54, 1.807) is 0 Å². The first kappa shape index (κ1) is 19.0.